The van der Waals surface area contributed by atoms with Gasteiger partial charge in [-0.3, -0.25) is 0 Å². The summed E-state index contributed by atoms with van der Waals surface area (Å²) < 4.78 is 0. The van der Waals surface area contributed by atoms with Crippen LogP contribution in [0.2, 0.25) is 0 Å². The van der Waals surface area contributed by atoms with Gasteiger partial charge in [0.25, 0.3) is 0 Å². The van der Waals surface area contributed by atoms with Gasteiger partial charge in [-0.05, 0) is 20.2 Å². The third-order valence-corrected chi connectivity index (χ3v) is 2.20. The first-order valence-corrected chi connectivity index (χ1v) is 5.06. The van der Waals surface area contributed by atoms with E-state index in [1.165, 1.54) is 12.2 Å². The van der Waals surface area contributed by atoms with Crippen molar-refractivity contribution in [1.82, 2.24) is 4.90 Å². The number of allylic oxidation sites excluding steroid dienone is 5. The van der Waals surface area contributed by atoms with Crippen LogP contribution in [0.3, 0.4) is 0 Å². The van der Waals surface area contributed by atoms with Crippen LogP contribution in [-0.2, 0) is 0 Å². The molecule has 1 rings (SSSR count). The maximum Gasteiger partial charge on any atom is 0.233 e. The van der Waals surface area contributed by atoms with Gasteiger partial charge in [-0.25, -0.2) is 0 Å². The van der Waals surface area contributed by atoms with E-state index < -0.39 is 4.90 Å². The smallest absolute Gasteiger partial charge is 0.233 e. The lowest BCUT2D eigenvalue weighted by molar-refractivity contribution is -0.377. The van der Waals surface area contributed by atoms with Crippen molar-refractivity contribution in [2.45, 2.75) is 0 Å². The molecule has 0 aromatic heterocycles. The minimum absolute atomic E-state index is 0.120. The Kier molecular flexibility index (Phi) is 4.12. The van der Waals surface area contributed by atoms with Crippen molar-refractivity contribution >= 4 is 5.71 Å². The summed E-state index contributed by atoms with van der Waals surface area (Å²) in [4.78, 5) is 1.31. The van der Waals surface area contributed by atoms with Crippen molar-refractivity contribution in [2.24, 2.45) is 0 Å². The SMILES string of the molecule is C=C(CN(C)C)C(O)=C1C=CC=CC1=[N+]([O-])[O-]. The van der Waals surface area contributed by atoms with Crippen LogP contribution in [0, 0.1) is 10.4 Å². The summed E-state index contributed by atoms with van der Waals surface area (Å²) in [7, 11) is 3.66. The monoisotopic (exact) mass is 235 g/mol. The predicted molar refractivity (Wildman–Crippen MR) is 67.6 cm³/mol. The lowest BCUT2D eigenvalue weighted by Crippen LogP contribution is -2.19. The van der Waals surface area contributed by atoms with Gasteiger partial charge in [0.1, 0.15) is 5.76 Å². The van der Waals surface area contributed by atoms with Crippen molar-refractivity contribution in [2.75, 3.05) is 20.6 Å². The lowest BCUT2D eigenvalue weighted by atomic mass is 10.0. The van der Waals surface area contributed by atoms with E-state index in [4.69, 9.17) is 0 Å². The fourth-order valence-corrected chi connectivity index (χ4v) is 1.48. The van der Waals surface area contributed by atoms with Crippen LogP contribution in [0.5, 0.6) is 0 Å². The molecule has 92 valence electrons. The topological polar surface area (TPSA) is 72.6 Å². The Morgan fingerprint density at radius 3 is 2.47 bits per heavy atom. The van der Waals surface area contributed by atoms with Gasteiger partial charge in [-0.1, -0.05) is 18.7 Å². The molecule has 0 fully saturated rings. The molecule has 0 heterocycles. The summed E-state index contributed by atoms with van der Waals surface area (Å²) in [5.74, 6) is -0.133. The first-order chi connectivity index (χ1) is 7.93. The molecule has 0 atom stereocenters. The van der Waals surface area contributed by atoms with Gasteiger partial charge in [0.2, 0.25) is 5.71 Å². The van der Waals surface area contributed by atoms with Crippen molar-refractivity contribution in [3.05, 3.63) is 58.2 Å². The molecule has 0 amide bonds. The molecule has 0 radical (unpaired) electrons. The molecule has 0 saturated heterocycles. The highest BCUT2D eigenvalue weighted by atomic mass is 16.8. The normalized spacial score (nSPS) is 17.5. The fraction of sp³-hybridized carbons (Fsp3) is 0.250. The van der Waals surface area contributed by atoms with Crippen molar-refractivity contribution in [3.8, 4) is 0 Å². The molecule has 0 spiro atoms. The third-order valence-electron chi connectivity index (χ3n) is 2.20. The number of nitrogens with zero attached hydrogens (tertiary/aromatic N) is 2. The Hall–Kier alpha value is -2.01. The highest BCUT2D eigenvalue weighted by Gasteiger charge is 2.18. The van der Waals surface area contributed by atoms with Crippen LogP contribution in [-0.4, -0.2) is 41.3 Å². The van der Waals surface area contributed by atoms with Gasteiger partial charge in [0.15, 0.2) is 0 Å². The zero-order valence-corrected chi connectivity index (χ0v) is 9.88. The molecule has 1 aliphatic carbocycles. The van der Waals surface area contributed by atoms with E-state index in [1.807, 2.05) is 19.0 Å². The number of likely N-dealkylation sites (N-methyl/N-ethyl adjacent to an activating group) is 1. The van der Waals surface area contributed by atoms with E-state index >= 15 is 0 Å². The number of rotatable bonds is 3. The maximum atomic E-state index is 10.8. The zero-order valence-electron chi connectivity index (χ0n) is 9.88. The summed E-state index contributed by atoms with van der Waals surface area (Å²) >= 11 is 0. The predicted octanol–water partition coefficient (Wildman–Crippen LogP) is 1.49. The van der Waals surface area contributed by atoms with E-state index in [9.17, 15) is 15.5 Å². The maximum absolute atomic E-state index is 10.8. The molecule has 5 heteroatoms. The molecule has 0 aliphatic heterocycles. The van der Waals surface area contributed by atoms with Crippen LogP contribution in [0.15, 0.2) is 47.8 Å². The largest absolute Gasteiger partial charge is 0.612 e. The van der Waals surface area contributed by atoms with Crippen LogP contribution in [0.4, 0.5) is 0 Å². The average Bonchev–Trinajstić information content (AvgIpc) is 2.27. The second kappa shape index (κ2) is 5.36. The Morgan fingerprint density at radius 2 is 1.94 bits per heavy atom. The highest BCUT2D eigenvalue weighted by Crippen LogP contribution is 2.17. The van der Waals surface area contributed by atoms with Gasteiger partial charge < -0.3 is 20.4 Å². The molecule has 0 aromatic carbocycles. The molecular formula is C12H15N2O3-. The van der Waals surface area contributed by atoms with E-state index in [0.717, 1.165) is 0 Å². The van der Waals surface area contributed by atoms with E-state index in [2.05, 4.69) is 6.58 Å². The van der Waals surface area contributed by atoms with Crippen LogP contribution >= 0.6 is 0 Å². The molecule has 17 heavy (non-hydrogen) atoms. The van der Waals surface area contributed by atoms with Gasteiger partial charge in [0, 0.05) is 18.2 Å². The summed E-state index contributed by atoms with van der Waals surface area (Å²) in [6.45, 7) is 4.16. The molecule has 0 saturated carbocycles. The molecule has 5 nitrogen and oxygen atoms in total. The fourth-order valence-electron chi connectivity index (χ4n) is 1.48. The van der Waals surface area contributed by atoms with Crippen molar-refractivity contribution in [3.63, 3.8) is 0 Å². The summed E-state index contributed by atoms with van der Waals surface area (Å²) in [5, 5.41) is 31.6. The quantitative estimate of drug-likeness (QED) is 0.457. The number of hydrogen-bond donors (Lipinski definition) is 1. The minimum atomic E-state index is -0.519. The van der Waals surface area contributed by atoms with E-state index in [-0.39, 0.29) is 17.0 Å². The third kappa shape index (κ3) is 3.22. The highest BCUT2D eigenvalue weighted by molar-refractivity contribution is 6.09. The molecular weight excluding hydrogens is 220 g/mol. The number of aliphatic hydroxyl groups excluding tert-OH is 1. The molecule has 1 N–H and O–H groups in total. The van der Waals surface area contributed by atoms with Crippen molar-refractivity contribution < 1.29 is 10.0 Å². The lowest BCUT2D eigenvalue weighted by Gasteiger charge is -2.16. The first-order valence-electron chi connectivity index (χ1n) is 5.06. The Labute approximate surface area is 100 Å². The summed E-state index contributed by atoms with van der Waals surface area (Å²) in [5.41, 5.74) is 0.526. The van der Waals surface area contributed by atoms with Crippen LogP contribution < -0.4 is 0 Å². The number of hydrogen-bond acceptors (Lipinski definition) is 4. The first kappa shape index (κ1) is 13.1. The molecule has 0 unspecified atom stereocenters. The Bertz CT molecular complexity index is 439. The van der Waals surface area contributed by atoms with Crippen LogP contribution in [0.25, 0.3) is 0 Å². The second-order valence-corrected chi connectivity index (χ2v) is 3.96. The second-order valence-electron chi connectivity index (χ2n) is 3.96. The van der Waals surface area contributed by atoms with E-state index in [1.54, 1.807) is 12.2 Å². The Morgan fingerprint density at radius 1 is 1.35 bits per heavy atom. The number of aliphatic hydroxyl groups is 1. The van der Waals surface area contributed by atoms with Gasteiger partial charge in [0.05, 0.1) is 5.57 Å². The zero-order chi connectivity index (χ0) is 13.0. The summed E-state index contributed by atoms with van der Waals surface area (Å²) in [6.07, 6.45) is 6.06. The minimum Gasteiger partial charge on any atom is -0.612 e. The van der Waals surface area contributed by atoms with Gasteiger partial charge in [-0.15, -0.1) is 0 Å². The average molecular weight is 235 g/mol. The van der Waals surface area contributed by atoms with Gasteiger partial charge >= 0.3 is 0 Å². The molecule has 0 bridgehead atoms. The van der Waals surface area contributed by atoms with Crippen molar-refractivity contribution in [1.29, 1.82) is 0 Å². The van der Waals surface area contributed by atoms with Gasteiger partial charge in [-0.2, -0.15) is 4.90 Å². The molecule has 0 aromatic rings. The summed E-state index contributed by atoms with van der Waals surface area (Å²) in [6, 6.07) is 0. The standard InChI is InChI=1S/C12H15N2O3/c1-9(8-13(2)3)12(15)10-6-4-5-7-11(10)14(16)17/h4-7H,1,8H2,2-3H3,(H-,15,16,17)/q-1. The molecule has 1 aliphatic rings. The van der Waals surface area contributed by atoms with E-state index in [0.29, 0.717) is 12.1 Å². The Balaban J connectivity index is 3.11. The van der Waals surface area contributed by atoms with Crippen LogP contribution in [0.1, 0.15) is 0 Å².